The molecule has 0 spiro atoms. The number of amides is 1. The molecule has 4 atom stereocenters. The van der Waals surface area contributed by atoms with Gasteiger partial charge in [0.1, 0.15) is 11.6 Å². The number of benzene rings is 1. The molecule has 9 heteroatoms. The minimum atomic E-state index is -0.524. The van der Waals surface area contributed by atoms with Gasteiger partial charge in [0.05, 0.1) is 24.6 Å². The van der Waals surface area contributed by atoms with Gasteiger partial charge in [-0.15, -0.1) is 0 Å². The molecule has 2 N–H and O–H groups in total. The number of methoxy groups -OCH3 is 1. The van der Waals surface area contributed by atoms with Crippen LogP contribution in [-0.2, 0) is 22.6 Å². The van der Waals surface area contributed by atoms with Crippen LogP contribution < -0.4 is 16.2 Å². The standard InChI is InChI=1S/C26H35ClN4O4/c1-15-10-20(16(2)17(3)26(15,4)5)30-21-13-29-31(24(33)23(21)27)14-22(32)28-12-18-8-7-9-19(11-18)25(34)35-6/h7-9,11,13,15-17,20,30H,10,12,14H2,1-6H3,(H,28,32)/t15-,16+,17+,20+/m0/s1. The Balaban J connectivity index is 1.64. The number of nitrogens with one attached hydrogen (secondary N) is 2. The van der Waals surface area contributed by atoms with Crippen molar-refractivity contribution in [3.8, 4) is 0 Å². The lowest BCUT2D eigenvalue weighted by Crippen LogP contribution is -2.48. The number of esters is 1. The van der Waals surface area contributed by atoms with Crippen LogP contribution in [0.2, 0.25) is 5.02 Å². The number of aromatic nitrogens is 2. The van der Waals surface area contributed by atoms with E-state index in [2.05, 4.69) is 50.4 Å². The summed E-state index contributed by atoms with van der Waals surface area (Å²) < 4.78 is 5.76. The third kappa shape index (κ3) is 5.86. The molecule has 1 aromatic heterocycles. The molecule has 35 heavy (non-hydrogen) atoms. The lowest BCUT2D eigenvalue weighted by Gasteiger charge is -2.50. The van der Waals surface area contributed by atoms with Crippen molar-refractivity contribution in [3.63, 3.8) is 0 Å². The van der Waals surface area contributed by atoms with Crippen LogP contribution in [0.3, 0.4) is 0 Å². The third-order valence-electron chi connectivity index (χ3n) is 7.93. The van der Waals surface area contributed by atoms with E-state index in [0.29, 0.717) is 29.0 Å². The van der Waals surface area contributed by atoms with E-state index < -0.39 is 17.4 Å². The topological polar surface area (TPSA) is 102 Å². The zero-order chi connectivity index (χ0) is 25.9. The molecular formula is C26H35ClN4O4. The fraction of sp³-hybridized carbons (Fsp3) is 0.538. The minimum absolute atomic E-state index is 0.0240. The Morgan fingerprint density at radius 1 is 1.26 bits per heavy atom. The summed E-state index contributed by atoms with van der Waals surface area (Å²) in [6.45, 7) is 11.3. The first-order valence-electron chi connectivity index (χ1n) is 11.9. The number of ether oxygens (including phenoxy) is 1. The molecule has 0 aliphatic heterocycles. The maximum Gasteiger partial charge on any atom is 0.337 e. The summed E-state index contributed by atoms with van der Waals surface area (Å²) in [4.78, 5) is 36.9. The van der Waals surface area contributed by atoms with E-state index in [0.717, 1.165) is 16.7 Å². The fourth-order valence-electron chi connectivity index (χ4n) is 4.76. The maximum absolute atomic E-state index is 12.8. The van der Waals surface area contributed by atoms with Crippen molar-refractivity contribution >= 4 is 29.2 Å². The Morgan fingerprint density at radius 2 is 1.97 bits per heavy atom. The number of anilines is 1. The average molecular weight is 503 g/mol. The van der Waals surface area contributed by atoms with E-state index in [-0.39, 0.29) is 29.6 Å². The zero-order valence-electron chi connectivity index (χ0n) is 21.2. The number of carbonyl (C=O) groups excluding carboxylic acids is 2. The van der Waals surface area contributed by atoms with Crippen LogP contribution >= 0.6 is 11.6 Å². The molecule has 0 bridgehead atoms. The van der Waals surface area contributed by atoms with Crippen LogP contribution in [0.4, 0.5) is 5.69 Å². The molecule has 1 aromatic carbocycles. The first-order valence-corrected chi connectivity index (χ1v) is 12.3. The lowest BCUT2D eigenvalue weighted by atomic mass is 9.58. The zero-order valence-corrected chi connectivity index (χ0v) is 22.0. The van der Waals surface area contributed by atoms with Crippen LogP contribution in [0, 0.1) is 23.2 Å². The smallest absolute Gasteiger partial charge is 0.337 e. The third-order valence-corrected chi connectivity index (χ3v) is 8.30. The van der Waals surface area contributed by atoms with Gasteiger partial charge in [0.25, 0.3) is 5.56 Å². The number of halogens is 1. The van der Waals surface area contributed by atoms with E-state index in [1.165, 1.54) is 13.3 Å². The number of nitrogens with zero attached hydrogens (tertiary/aromatic N) is 2. The molecule has 1 heterocycles. The largest absolute Gasteiger partial charge is 0.465 e. The van der Waals surface area contributed by atoms with Gasteiger partial charge in [0, 0.05) is 12.6 Å². The van der Waals surface area contributed by atoms with E-state index in [4.69, 9.17) is 16.3 Å². The van der Waals surface area contributed by atoms with Crippen molar-refractivity contribution in [1.29, 1.82) is 0 Å². The van der Waals surface area contributed by atoms with Gasteiger partial charge in [-0.25, -0.2) is 9.48 Å². The second-order valence-electron chi connectivity index (χ2n) is 10.2. The monoisotopic (exact) mass is 502 g/mol. The summed E-state index contributed by atoms with van der Waals surface area (Å²) in [5, 5.41) is 10.4. The molecule has 1 amide bonds. The summed E-state index contributed by atoms with van der Waals surface area (Å²) >= 11 is 6.40. The van der Waals surface area contributed by atoms with E-state index in [1.54, 1.807) is 24.3 Å². The summed E-state index contributed by atoms with van der Waals surface area (Å²) in [7, 11) is 1.31. The first kappa shape index (κ1) is 26.7. The SMILES string of the molecule is COC(=O)c1cccc(CNC(=O)Cn2ncc(N[C@@H]3C[C@H](C)C(C)(C)[C@H](C)[C@H]3C)c(Cl)c2=O)c1. The number of hydrogen-bond donors (Lipinski definition) is 2. The molecule has 0 saturated heterocycles. The summed E-state index contributed by atoms with van der Waals surface area (Å²) in [6, 6.07) is 6.94. The molecule has 1 aliphatic rings. The van der Waals surface area contributed by atoms with Crippen molar-refractivity contribution < 1.29 is 14.3 Å². The van der Waals surface area contributed by atoms with Crippen LogP contribution in [0.25, 0.3) is 0 Å². The first-order chi connectivity index (χ1) is 16.4. The van der Waals surface area contributed by atoms with Crippen molar-refractivity contribution in [2.45, 2.75) is 60.2 Å². The summed E-state index contributed by atoms with van der Waals surface area (Å²) in [5.41, 5.74) is 1.32. The Kier molecular flexibility index (Phi) is 8.26. The van der Waals surface area contributed by atoms with Crippen molar-refractivity contribution in [2.75, 3.05) is 12.4 Å². The highest BCUT2D eigenvalue weighted by atomic mass is 35.5. The van der Waals surface area contributed by atoms with Gasteiger partial charge in [-0.3, -0.25) is 9.59 Å². The molecule has 1 fully saturated rings. The van der Waals surface area contributed by atoms with E-state index in [9.17, 15) is 14.4 Å². The molecule has 0 radical (unpaired) electrons. The molecule has 1 saturated carbocycles. The highest BCUT2D eigenvalue weighted by Gasteiger charge is 2.43. The second-order valence-corrected chi connectivity index (χ2v) is 10.5. The molecule has 2 aromatic rings. The van der Waals surface area contributed by atoms with Crippen LogP contribution in [0.1, 0.15) is 57.0 Å². The van der Waals surface area contributed by atoms with E-state index in [1.807, 2.05) is 0 Å². The molecular weight excluding hydrogens is 468 g/mol. The van der Waals surface area contributed by atoms with Crippen LogP contribution in [-0.4, -0.2) is 34.8 Å². The van der Waals surface area contributed by atoms with Gasteiger partial charge in [-0.2, -0.15) is 5.10 Å². The number of hydrogen-bond acceptors (Lipinski definition) is 6. The summed E-state index contributed by atoms with van der Waals surface area (Å²) in [5.74, 6) is 0.546. The summed E-state index contributed by atoms with van der Waals surface area (Å²) in [6.07, 6.45) is 2.48. The highest BCUT2D eigenvalue weighted by molar-refractivity contribution is 6.32. The minimum Gasteiger partial charge on any atom is -0.465 e. The predicted molar refractivity (Wildman–Crippen MR) is 136 cm³/mol. The molecule has 3 rings (SSSR count). The van der Waals surface area contributed by atoms with Gasteiger partial charge in [-0.05, 0) is 47.3 Å². The van der Waals surface area contributed by atoms with E-state index >= 15 is 0 Å². The second kappa shape index (κ2) is 10.8. The Hall–Kier alpha value is -2.87. The molecule has 1 aliphatic carbocycles. The number of rotatable bonds is 7. The van der Waals surface area contributed by atoms with Crippen molar-refractivity contribution in [3.05, 3.63) is 57.0 Å². The van der Waals surface area contributed by atoms with Crippen molar-refractivity contribution in [2.24, 2.45) is 23.2 Å². The molecule has 8 nitrogen and oxygen atoms in total. The quantitative estimate of drug-likeness (QED) is 0.552. The maximum atomic E-state index is 12.8. The molecule has 190 valence electrons. The van der Waals surface area contributed by atoms with Gasteiger partial charge < -0.3 is 15.4 Å². The fourth-order valence-corrected chi connectivity index (χ4v) is 4.96. The van der Waals surface area contributed by atoms with Crippen molar-refractivity contribution in [1.82, 2.24) is 15.1 Å². The van der Waals surface area contributed by atoms with Crippen LogP contribution in [0.5, 0.6) is 0 Å². The highest BCUT2D eigenvalue weighted by Crippen LogP contribution is 2.48. The van der Waals surface area contributed by atoms with Gasteiger partial charge in [0.15, 0.2) is 0 Å². The Bertz CT molecular complexity index is 1150. The molecule has 0 unspecified atom stereocenters. The average Bonchev–Trinajstić information content (AvgIpc) is 2.84. The normalized spacial score (nSPS) is 23.4. The number of carbonyl (C=O) groups is 2. The lowest BCUT2D eigenvalue weighted by molar-refractivity contribution is -0.122. The predicted octanol–water partition coefficient (Wildman–Crippen LogP) is 4.12. The Labute approximate surface area is 211 Å². The van der Waals surface area contributed by atoms with Gasteiger partial charge in [-0.1, -0.05) is 58.4 Å². The Morgan fingerprint density at radius 3 is 2.66 bits per heavy atom. The van der Waals surface area contributed by atoms with Gasteiger partial charge in [0.2, 0.25) is 5.91 Å². The van der Waals surface area contributed by atoms with Crippen LogP contribution in [0.15, 0.2) is 35.3 Å². The van der Waals surface area contributed by atoms with Gasteiger partial charge >= 0.3 is 5.97 Å².